The van der Waals surface area contributed by atoms with Crippen molar-refractivity contribution in [2.45, 2.75) is 19.3 Å². The molecule has 1 saturated heterocycles. The monoisotopic (exact) mass is 515 g/mol. The lowest BCUT2D eigenvalue weighted by atomic mass is 10.1. The molecule has 3 aromatic rings. The summed E-state index contributed by atoms with van der Waals surface area (Å²) >= 11 is 0. The highest BCUT2D eigenvalue weighted by Crippen LogP contribution is 2.30. The number of nitrogen functional groups attached to an aromatic ring is 1. The SMILES string of the molecule is Nc1nc(NC(=O)CNC(=O)c2ccccc2)ccc1/N=N/c1ccccc1OC(=O)CN1CCCCC1. The third kappa shape index (κ3) is 7.68. The maximum atomic E-state index is 12.4. The fraction of sp³-hybridized carbons (Fsp3) is 0.259. The second-order valence-corrected chi connectivity index (χ2v) is 8.68. The number of para-hydroxylation sites is 1. The Bertz CT molecular complexity index is 1310. The van der Waals surface area contributed by atoms with Crippen molar-refractivity contribution in [3.05, 3.63) is 72.3 Å². The van der Waals surface area contributed by atoms with E-state index in [-0.39, 0.29) is 42.3 Å². The lowest BCUT2D eigenvalue weighted by Gasteiger charge is -2.25. The molecule has 1 aliphatic rings. The van der Waals surface area contributed by atoms with E-state index in [1.807, 2.05) is 0 Å². The summed E-state index contributed by atoms with van der Waals surface area (Å²) < 4.78 is 5.54. The maximum Gasteiger partial charge on any atom is 0.325 e. The van der Waals surface area contributed by atoms with E-state index >= 15 is 0 Å². The molecule has 38 heavy (non-hydrogen) atoms. The number of ether oxygens (including phenoxy) is 1. The number of hydrogen-bond donors (Lipinski definition) is 3. The van der Waals surface area contributed by atoms with E-state index in [1.165, 1.54) is 12.5 Å². The van der Waals surface area contributed by atoms with Crippen LogP contribution in [0.5, 0.6) is 5.75 Å². The van der Waals surface area contributed by atoms with Crippen LogP contribution in [0.15, 0.2) is 77.0 Å². The minimum absolute atomic E-state index is 0.0412. The highest BCUT2D eigenvalue weighted by Gasteiger charge is 2.16. The first-order valence-electron chi connectivity index (χ1n) is 12.3. The molecule has 1 aliphatic heterocycles. The van der Waals surface area contributed by atoms with Crippen LogP contribution in [-0.2, 0) is 9.59 Å². The van der Waals surface area contributed by atoms with Gasteiger partial charge in [0.15, 0.2) is 11.6 Å². The summed E-state index contributed by atoms with van der Waals surface area (Å²) in [5.74, 6) is -0.633. The number of nitrogens with one attached hydrogen (secondary N) is 2. The summed E-state index contributed by atoms with van der Waals surface area (Å²) in [6, 6.07) is 18.5. The standard InChI is InChI=1S/C27H29N7O4/c28-26-21(13-14-23(31-26)30-24(35)17-29-27(37)19-9-3-1-4-10-19)33-32-20-11-5-6-12-22(20)38-25(36)18-34-15-7-2-8-16-34/h1,3-6,9-14H,2,7-8,15-18H2,(H,29,37)(H3,28,30,31,35)/b33-32+. The first-order valence-corrected chi connectivity index (χ1v) is 12.3. The number of aromatic nitrogens is 1. The van der Waals surface area contributed by atoms with Crippen LogP contribution in [0.25, 0.3) is 0 Å². The number of carbonyl (C=O) groups is 3. The molecule has 2 heterocycles. The summed E-state index contributed by atoms with van der Waals surface area (Å²) in [7, 11) is 0. The number of rotatable bonds is 9. The number of pyridine rings is 1. The average Bonchev–Trinajstić information content (AvgIpc) is 2.93. The van der Waals surface area contributed by atoms with E-state index in [0.717, 1.165) is 25.9 Å². The van der Waals surface area contributed by atoms with Gasteiger partial charge in [-0.1, -0.05) is 36.8 Å². The normalized spacial score (nSPS) is 13.7. The molecule has 4 rings (SSSR count). The van der Waals surface area contributed by atoms with Crippen molar-refractivity contribution in [3.8, 4) is 5.75 Å². The molecule has 2 aromatic carbocycles. The Hall–Kier alpha value is -4.64. The van der Waals surface area contributed by atoms with Gasteiger partial charge in [0.05, 0.1) is 13.1 Å². The minimum atomic E-state index is -0.462. The zero-order chi connectivity index (χ0) is 26.7. The van der Waals surface area contributed by atoms with E-state index in [4.69, 9.17) is 10.5 Å². The quantitative estimate of drug-likeness (QED) is 0.222. The topological polar surface area (TPSA) is 151 Å². The van der Waals surface area contributed by atoms with E-state index in [0.29, 0.717) is 17.0 Å². The molecule has 2 amide bonds. The number of likely N-dealkylation sites (tertiary alicyclic amines) is 1. The van der Waals surface area contributed by atoms with Gasteiger partial charge in [-0.15, -0.1) is 10.2 Å². The number of nitrogens with zero attached hydrogens (tertiary/aromatic N) is 4. The Labute approximate surface area is 220 Å². The third-order valence-electron chi connectivity index (χ3n) is 5.77. The minimum Gasteiger partial charge on any atom is -0.423 e. The zero-order valence-corrected chi connectivity index (χ0v) is 20.8. The van der Waals surface area contributed by atoms with Crippen molar-refractivity contribution < 1.29 is 19.1 Å². The average molecular weight is 516 g/mol. The van der Waals surface area contributed by atoms with Gasteiger partial charge in [-0.25, -0.2) is 4.98 Å². The summed E-state index contributed by atoms with van der Waals surface area (Å²) in [6.45, 7) is 1.78. The van der Waals surface area contributed by atoms with E-state index in [1.54, 1.807) is 60.7 Å². The van der Waals surface area contributed by atoms with Gasteiger partial charge in [-0.05, 0) is 62.3 Å². The number of piperidine rings is 1. The number of carbonyl (C=O) groups excluding carboxylic acids is 3. The van der Waals surface area contributed by atoms with Crippen molar-refractivity contribution >= 4 is 40.8 Å². The molecule has 0 bridgehead atoms. The summed E-state index contributed by atoms with van der Waals surface area (Å²) in [5, 5.41) is 13.4. The molecule has 0 atom stereocenters. The molecule has 196 valence electrons. The van der Waals surface area contributed by atoms with Gasteiger partial charge >= 0.3 is 5.97 Å². The zero-order valence-electron chi connectivity index (χ0n) is 20.8. The van der Waals surface area contributed by atoms with Crippen LogP contribution in [0, 0.1) is 0 Å². The lowest BCUT2D eigenvalue weighted by Crippen LogP contribution is -2.36. The number of azo groups is 1. The second-order valence-electron chi connectivity index (χ2n) is 8.68. The van der Waals surface area contributed by atoms with Gasteiger partial charge < -0.3 is 21.1 Å². The Morgan fingerprint density at radius 1 is 0.895 bits per heavy atom. The Balaban J connectivity index is 1.32. The summed E-state index contributed by atoms with van der Waals surface area (Å²) in [4.78, 5) is 42.9. The first kappa shape index (κ1) is 26.4. The molecule has 11 nitrogen and oxygen atoms in total. The van der Waals surface area contributed by atoms with Gasteiger partial charge in [0.1, 0.15) is 17.2 Å². The number of hydrogen-bond acceptors (Lipinski definition) is 9. The van der Waals surface area contributed by atoms with Crippen LogP contribution in [0.3, 0.4) is 0 Å². The molecule has 11 heteroatoms. The molecule has 0 aliphatic carbocycles. The van der Waals surface area contributed by atoms with E-state index in [9.17, 15) is 14.4 Å². The number of amides is 2. The number of benzene rings is 2. The third-order valence-corrected chi connectivity index (χ3v) is 5.77. The highest BCUT2D eigenvalue weighted by molar-refractivity contribution is 5.99. The highest BCUT2D eigenvalue weighted by atomic mass is 16.5. The van der Waals surface area contributed by atoms with Crippen LogP contribution < -0.4 is 21.1 Å². The molecule has 1 fully saturated rings. The fourth-order valence-electron chi connectivity index (χ4n) is 3.85. The van der Waals surface area contributed by atoms with Gasteiger partial charge in [-0.3, -0.25) is 19.3 Å². The van der Waals surface area contributed by atoms with Crippen LogP contribution in [0.4, 0.5) is 23.0 Å². The van der Waals surface area contributed by atoms with Crippen molar-refractivity contribution in [3.63, 3.8) is 0 Å². The maximum absolute atomic E-state index is 12.4. The Kier molecular flexibility index (Phi) is 9.08. The van der Waals surface area contributed by atoms with Gasteiger partial charge in [-0.2, -0.15) is 0 Å². The molecular weight excluding hydrogens is 486 g/mol. The van der Waals surface area contributed by atoms with Gasteiger partial charge in [0.2, 0.25) is 5.91 Å². The first-order chi connectivity index (χ1) is 18.5. The molecule has 0 saturated carbocycles. The van der Waals surface area contributed by atoms with E-state index < -0.39 is 5.91 Å². The van der Waals surface area contributed by atoms with Crippen LogP contribution in [-0.4, -0.2) is 53.8 Å². The van der Waals surface area contributed by atoms with Gasteiger partial charge in [0, 0.05) is 5.56 Å². The molecule has 0 radical (unpaired) electrons. The molecule has 1 aromatic heterocycles. The second kappa shape index (κ2) is 13.1. The lowest BCUT2D eigenvalue weighted by molar-refractivity contribution is -0.135. The smallest absolute Gasteiger partial charge is 0.325 e. The number of esters is 1. The molecular formula is C27H29N7O4. The number of anilines is 2. The van der Waals surface area contributed by atoms with Crippen LogP contribution in [0.1, 0.15) is 29.6 Å². The summed E-state index contributed by atoms with van der Waals surface area (Å²) in [5.41, 5.74) is 7.10. The Morgan fingerprint density at radius 2 is 1.61 bits per heavy atom. The number of nitrogens with two attached hydrogens (primary N) is 1. The van der Waals surface area contributed by atoms with Crippen LogP contribution in [0.2, 0.25) is 0 Å². The van der Waals surface area contributed by atoms with E-state index in [2.05, 4.69) is 30.7 Å². The predicted octanol–water partition coefficient (Wildman–Crippen LogP) is 3.84. The van der Waals surface area contributed by atoms with Crippen LogP contribution >= 0.6 is 0 Å². The Morgan fingerprint density at radius 3 is 2.37 bits per heavy atom. The van der Waals surface area contributed by atoms with Gasteiger partial charge in [0.25, 0.3) is 5.91 Å². The predicted molar refractivity (Wildman–Crippen MR) is 143 cm³/mol. The van der Waals surface area contributed by atoms with Crippen molar-refractivity contribution in [1.82, 2.24) is 15.2 Å². The summed E-state index contributed by atoms with van der Waals surface area (Å²) in [6.07, 6.45) is 3.36. The largest absolute Gasteiger partial charge is 0.423 e. The van der Waals surface area contributed by atoms with Crippen molar-refractivity contribution in [2.24, 2.45) is 10.2 Å². The van der Waals surface area contributed by atoms with Crippen molar-refractivity contribution in [2.75, 3.05) is 37.2 Å². The molecule has 0 spiro atoms. The molecule has 4 N–H and O–H groups in total. The molecule has 0 unspecified atom stereocenters. The van der Waals surface area contributed by atoms with Crippen molar-refractivity contribution in [1.29, 1.82) is 0 Å². The fourth-order valence-corrected chi connectivity index (χ4v) is 3.85.